The highest BCUT2D eigenvalue weighted by Crippen LogP contribution is 2.29. The minimum Gasteiger partial charge on any atom is -0.352 e. The lowest BCUT2D eigenvalue weighted by Gasteiger charge is -2.11. The summed E-state index contributed by atoms with van der Waals surface area (Å²) in [6, 6.07) is 7.53. The number of hydrogen-bond acceptors (Lipinski definition) is 2. The third-order valence-corrected chi connectivity index (χ3v) is 3.78. The van der Waals surface area contributed by atoms with Crippen molar-refractivity contribution >= 4 is 5.91 Å². The Labute approximate surface area is 109 Å². The molecule has 1 aromatic rings. The molecule has 0 saturated heterocycles. The zero-order chi connectivity index (χ0) is 13.0. The summed E-state index contributed by atoms with van der Waals surface area (Å²) in [5.74, 6) is 1.49. The Morgan fingerprint density at radius 3 is 2.94 bits per heavy atom. The monoisotopic (exact) mass is 246 g/mol. The van der Waals surface area contributed by atoms with Crippen LogP contribution >= 0.6 is 0 Å². The molecule has 3 N–H and O–H groups in total. The zero-order valence-corrected chi connectivity index (χ0v) is 11.0. The molecule has 0 aliphatic heterocycles. The third-order valence-electron chi connectivity index (χ3n) is 3.78. The molecule has 2 unspecified atom stereocenters. The molecule has 3 nitrogen and oxygen atoms in total. The molecule has 1 fully saturated rings. The Morgan fingerprint density at radius 1 is 1.44 bits per heavy atom. The quantitative estimate of drug-likeness (QED) is 0.856. The van der Waals surface area contributed by atoms with Gasteiger partial charge in [-0.1, -0.05) is 25.5 Å². The first-order chi connectivity index (χ1) is 8.69. The standard InChI is InChI=1S/C15H22N2O/c1-11-5-6-13(7-11)10-17-15(18)14-4-2-3-12(8-14)9-16/h2-4,8,11,13H,5-7,9-10,16H2,1H3,(H,17,18). The van der Waals surface area contributed by atoms with E-state index in [1.54, 1.807) is 0 Å². The molecule has 3 heteroatoms. The van der Waals surface area contributed by atoms with Crippen molar-refractivity contribution in [2.45, 2.75) is 32.7 Å². The zero-order valence-electron chi connectivity index (χ0n) is 11.0. The van der Waals surface area contributed by atoms with Crippen LogP contribution in [0.2, 0.25) is 0 Å². The molecule has 1 aliphatic rings. The van der Waals surface area contributed by atoms with Gasteiger partial charge in [-0.25, -0.2) is 0 Å². The van der Waals surface area contributed by atoms with Crippen molar-refractivity contribution in [1.29, 1.82) is 0 Å². The summed E-state index contributed by atoms with van der Waals surface area (Å²) < 4.78 is 0. The normalized spacial score (nSPS) is 23.0. The molecule has 0 spiro atoms. The van der Waals surface area contributed by atoms with E-state index in [1.165, 1.54) is 19.3 Å². The third kappa shape index (κ3) is 3.33. The van der Waals surface area contributed by atoms with Crippen LogP contribution in [0.15, 0.2) is 24.3 Å². The molecular weight excluding hydrogens is 224 g/mol. The molecular formula is C15H22N2O. The first-order valence-electron chi connectivity index (χ1n) is 6.76. The fourth-order valence-corrected chi connectivity index (χ4v) is 2.69. The second-order valence-electron chi connectivity index (χ2n) is 5.40. The van der Waals surface area contributed by atoms with Crippen LogP contribution in [-0.4, -0.2) is 12.5 Å². The fraction of sp³-hybridized carbons (Fsp3) is 0.533. The summed E-state index contributed by atoms with van der Waals surface area (Å²) >= 11 is 0. The summed E-state index contributed by atoms with van der Waals surface area (Å²) in [7, 11) is 0. The highest BCUT2D eigenvalue weighted by atomic mass is 16.1. The number of rotatable bonds is 4. The Morgan fingerprint density at radius 2 is 2.28 bits per heavy atom. The lowest BCUT2D eigenvalue weighted by molar-refractivity contribution is 0.0947. The van der Waals surface area contributed by atoms with Gasteiger partial charge in [0.15, 0.2) is 0 Å². The van der Waals surface area contributed by atoms with Gasteiger partial charge in [0.25, 0.3) is 5.91 Å². The molecule has 1 aliphatic carbocycles. The second kappa shape index (κ2) is 6.01. The number of carbonyl (C=O) groups excluding carboxylic acids is 1. The largest absolute Gasteiger partial charge is 0.352 e. The Balaban J connectivity index is 1.87. The van der Waals surface area contributed by atoms with Crippen molar-refractivity contribution in [3.05, 3.63) is 35.4 Å². The minimum absolute atomic E-state index is 0.0184. The Hall–Kier alpha value is -1.35. The number of nitrogens with two attached hydrogens (primary N) is 1. The lowest BCUT2D eigenvalue weighted by Crippen LogP contribution is -2.28. The van der Waals surface area contributed by atoms with Crippen molar-refractivity contribution in [2.75, 3.05) is 6.54 Å². The molecule has 2 rings (SSSR count). The summed E-state index contributed by atoms with van der Waals surface area (Å²) in [6.07, 6.45) is 3.77. The average molecular weight is 246 g/mol. The average Bonchev–Trinajstić information content (AvgIpc) is 2.82. The number of nitrogens with one attached hydrogen (secondary N) is 1. The molecule has 18 heavy (non-hydrogen) atoms. The van der Waals surface area contributed by atoms with Crippen molar-refractivity contribution in [3.8, 4) is 0 Å². The Kier molecular flexibility index (Phi) is 4.37. The van der Waals surface area contributed by atoms with Gasteiger partial charge in [0, 0.05) is 18.7 Å². The van der Waals surface area contributed by atoms with Gasteiger partial charge in [0.2, 0.25) is 0 Å². The van der Waals surface area contributed by atoms with E-state index >= 15 is 0 Å². The summed E-state index contributed by atoms with van der Waals surface area (Å²) in [5, 5.41) is 3.03. The molecule has 0 aromatic heterocycles. The predicted molar refractivity (Wildman–Crippen MR) is 73.2 cm³/mol. The van der Waals surface area contributed by atoms with Crippen LogP contribution in [0, 0.1) is 11.8 Å². The number of amides is 1. The molecule has 0 bridgehead atoms. The first kappa shape index (κ1) is 13.1. The number of carbonyl (C=O) groups is 1. The summed E-state index contributed by atoms with van der Waals surface area (Å²) in [5.41, 5.74) is 7.29. The van der Waals surface area contributed by atoms with E-state index in [2.05, 4.69) is 12.2 Å². The molecule has 98 valence electrons. The van der Waals surface area contributed by atoms with Gasteiger partial charge in [0.05, 0.1) is 0 Å². The molecule has 0 heterocycles. The van der Waals surface area contributed by atoms with Crippen LogP contribution in [-0.2, 0) is 6.54 Å². The lowest BCUT2D eigenvalue weighted by atomic mass is 10.1. The Bertz CT molecular complexity index is 417. The van der Waals surface area contributed by atoms with Gasteiger partial charge in [-0.3, -0.25) is 4.79 Å². The van der Waals surface area contributed by atoms with E-state index in [0.29, 0.717) is 18.0 Å². The number of benzene rings is 1. The SMILES string of the molecule is CC1CCC(CNC(=O)c2cccc(CN)c2)C1. The molecule has 1 aromatic carbocycles. The van der Waals surface area contributed by atoms with E-state index in [9.17, 15) is 4.79 Å². The van der Waals surface area contributed by atoms with Crippen LogP contribution in [0.3, 0.4) is 0 Å². The predicted octanol–water partition coefficient (Wildman–Crippen LogP) is 2.31. The smallest absolute Gasteiger partial charge is 0.251 e. The summed E-state index contributed by atoms with van der Waals surface area (Å²) in [6.45, 7) is 3.56. The van der Waals surface area contributed by atoms with Gasteiger partial charge in [-0.05, 0) is 42.4 Å². The molecule has 2 atom stereocenters. The highest BCUT2D eigenvalue weighted by Gasteiger charge is 2.21. The van der Waals surface area contributed by atoms with E-state index in [0.717, 1.165) is 18.0 Å². The van der Waals surface area contributed by atoms with Crippen molar-refractivity contribution < 1.29 is 4.79 Å². The van der Waals surface area contributed by atoms with Crippen LogP contribution in [0.1, 0.15) is 42.1 Å². The van der Waals surface area contributed by atoms with Crippen LogP contribution in [0.25, 0.3) is 0 Å². The van der Waals surface area contributed by atoms with Crippen molar-refractivity contribution in [2.24, 2.45) is 17.6 Å². The summed E-state index contributed by atoms with van der Waals surface area (Å²) in [4.78, 5) is 12.0. The molecule has 1 amide bonds. The van der Waals surface area contributed by atoms with Gasteiger partial charge < -0.3 is 11.1 Å². The highest BCUT2D eigenvalue weighted by molar-refractivity contribution is 5.94. The number of hydrogen-bond donors (Lipinski definition) is 2. The van der Waals surface area contributed by atoms with E-state index in [1.807, 2.05) is 24.3 Å². The minimum atomic E-state index is 0.0184. The van der Waals surface area contributed by atoms with Gasteiger partial charge in [-0.2, -0.15) is 0 Å². The van der Waals surface area contributed by atoms with E-state index < -0.39 is 0 Å². The van der Waals surface area contributed by atoms with Crippen LogP contribution in [0.5, 0.6) is 0 Å². The fourth-order valence-electron chi connectivity index (χ4n) is 2.69. The van der Waals surface area contributed by atoms with Gasteiger partial charge in [-0.15, -0.1) is 0 Å². The van der Waals surface area contributed by atoms with Gasteiger partial charge in [0.1, 0.15) is 0 Å². The topological polar surface area (TPSA) is 55.1 Å². The molecule has 0 radical (unpaired) electrons. The maximum Gasteiger partial charge on any atom is 0.251 e. The second-order valence-corrected chi connectivity index (χ2v) is 5.40. The van der Waals surface area contributed by atoms with Crippen molar-refractivity contribution in [3.63, 3.8) is 0 Å². The van der Waals surface area contributed by atoms with Crippen LogP contribution in [0.4, 0.5) is 0 Å². The van der Waals surface area contributed by atoms with Gasteiger partial charge >= 0.3 is 0 Å². The van der Waals surface area contributed by atoms with E-state index in [-0.39, 0.29) is 5.91 Å². The maximum atomic E-state index is 12.0. The van der Waals surface area contributed by atoms with Crippen LogP contribution < -0.4 is 11.1 Å². The van der Waals surface area contributed by atoms with Crippen molar-refractivity contribution in [1.82, 2.24) is 5.32 Å². The van der Waals surface area contributed by atoms with E-state index in [4.69, 9.17) is 5.73 Å². The first-order valence-corrected chi connectivity index (χ1v) is 6.76. The maximum absolute atomic E-state index is 12.0. The molecule has 1 saturated carbocycles.